The van der Waals surface area contributed by atoms with E-state index in [1.807, 2.05) is 12.2 Å². The van der Waals surface area contributed by atoms with E-state index in [9.17, 15) is 19.8 Å². The Hall–Kier alpha value is -1.93. The van der Waals surface area contributed by atoms with Gasteiger partial charge in [-0.05, 0) is 31.4 Å². The number of unbranched alkanes of at least 4 members (excludes halogenated alkanes) is 1. The van der Waals surface area contributed by atoms with Crippen LogP contribution in [0.1, 0.15) is 32.1 Å². The van der Waals surface area contributed by atoms with E-state index in [2.05, 4.69) is 4.74 Å². The fraction of sp³-hybridized carbons (Fsp3) is 0.545. The van der Waals surface area contributed by atoms with E-state index in [0.29, 0.717) is 36.5 Å². The summed E-state index contributed by atoms with van der Waals surface area (Å²) < 4.78 is 15.7. The van der Waals surface area contributed by atoms with Gasteiger partial charge in [-0.3, -0.25) is 9.59 Å². The first kappa shape index (κ1) is 24.3. The molecule has 0 aliphatic heterocycles. The number of ether oxygens (including phenoxy) is 3. The minimum atomic E-state index is -0.932. The molecule has 0 aromatic heterocycles. The van der Waals surface area contributed by atoms with E-state index in [1.54, 1.807) is 24.3 Å². The summed E-state index contributed by atoms with van der Waals surface area (Å²) in [6, 6.07) is 6.94. The number of ketones is 1. The van der Waals surface area contributed by atoms with Crippen molar-refractivity contribution in [2.75, 3.05) is 20.3 Å². The topological polar surface area (TPSA) is 102 Å². The molecule has 2 rings (SSSR count). The first-order valence-corrected chi connectivity index (χ1v) is 10.4. The average molecular weight is 441 g/mol. The minimum absolute atomic E-state index is 0.0226. The van der Waals surface area contributed by atoms with Crippen LogP contribution >= 0.6 is 11.6 Å². The van der Waals surface area contributed by atoms with Crippen LogP contribution in [0.2, 0.25) is 5.02 Å². The maximum atomic E-state index is 12.2. The quantitative estimate of drug-likeness (QED) is 0.292. The van der Waals surface area contributed by atoms with Crippen LogP contribution in [0.5, 0.6) is 5.75 Å². The fourth-order valence-electron chi connectivity index (χ4n) is 3.26. The lowest BCUT2D eigenvalue weighted by atomic mass is 9.99. The molecule has 1 aromatic carbocycles. The van der Waals surface area contributed by atoms with Gasteiger partial charge in [-0.15, -0.1) is 0 Å². The number of esters is 1. The molecule has 0 bridgehead atoms. The highest BCUT2D eigenvalue weighted by Gasteiger charge is 2.41. The van der Waals surface area contributed by atoms with Gasteiger partial charge in [-0.2, -0.15) is 0 Å². The number of para-hydroxylation sites is 1. The Morgan fingerprint density at radius 2 is 2.07 bits per heavy atom. The third kappa shape index (κ3) is 7.72. The molecule has 30 heavy (non-hydrogen) atoms. The molecule has 0 heterocycles. The lowest BCUT2D eigenvalue weighted by molar-refractivity contribution is -0.140. The summed E-state index contributed by atoms with van der Waals surface area (Å²) in [6.07, 6.45) is 3.46. The second-order valence-electron chi connectivity index (χ2n) is 7.21. The molecule has 1 aliphatic carbocycles. The molecule has 1 unspecified atom stereocenters. The largest absolute Gasteiger partial charge is 0.489 e. The van der Waals surface area contributed by atoms with Crippen molar-refractivity contribution in [1.82, 2.24) is 0 Å². The molecule has 7 nitrogen and oxygen atoms in total. The van der Waals surface area contributed by atoms with Gasteiger partial charge in [0.15, 0.2) is 0 Å². The zero-order valence-electron chi connectivity index (χ0n) is 17.0. The van der Waals surface area contributed by atoms with E-state index in [4.69, 9.17) is 21.1 Å². The number of carbonyl (C=O) groups excluding carboxylic acids is 2. The van der Waals surface area contributed by atoms with E-state index in [-0.39, 0.29) is 31.4 Å². The number of benzene rings is 1. The summed E-state index contributed by atoms with van der Waals surface area (Å²) >= 11 is 6.01. The number of halogens is 1. The number of methoxy groups -OCH3 is 1. The molecular weight excluding hydrogens is 412 g/mol. The van der Waals surface area contributed by atoms with E-state index in [1.165, 1.54) is 7.11 Å². The summed E-state index contributed by atoms with van der Waals surface area (Å²) in [7, 11) is 1.36. The maximum Gasteiger partial charge on any atom is 0.305 e. The van der Waals surface area contributed by atoms with Crippen LogP contribution in [-0.2, 0) is 19.1 Å². The van der Waals surface area contributed by atoms with Crippen LogP contribution in [-0.4, -0.2) is 60.6 Å². The molecule has 0 radical (unpaired) electrons. The summed E-state index contributed by atoms with van der Waals surface area (Å²) in [6.45, 7) is -0.0932. The molecule has 0 amide bonds. The van der Waals surface area contributed by atoms with Crippen molar-refractivity contribution in [3.8, 4) is 5.75 Å². The smallest absolute Gasteiger partial charge is 0.305 e. The molecule has 0 saturated heterocycles. The molecule has 1 fully saturated rings. The van der Waals surface area contributed by atoms with Crippen LogP contribution in [0, 0.1) is 5.92 Å². The molecule has 4 atom stereocenters. The molecule has 166 valence electrons. The van der Waals surface area contributed by atoms with Gasteiger partial charge in [0.25, 0.3) is 0 Å². The molecular formula is C22H29ClO7. The molecule has 1 saturated carbocycles. The fourth-order valence-corrected chi connectivity index (χ4v) is 3.45. The molecule has 1 aromatic rings. The van der Waals surface area contributed by atoms with Gasteiger partial charge in [-0.25, -0.2) is 0 Å². The lowest BCUT2D eigenvalue weighted by Gasteiger charge is -2.22. The summed E-state index contributed by atoms with van der Waals surface area (Å²) in [5.74, 6) is -0.311. The number of carbonyl (C=O) groups is 2. The van der Waals surface area contributed by atoms with Crippen molar-refractivity contribution >= 4 is 23.4 Å². The van der Waals surface area contributed by atoms with Crippen molar-refractivity contribution in [2.24, 2.45) is 5.92 Å². The van der Waals surface area contributed by atoms with Gasteiger partial charge >= 0.3 is 5.97 Å². The number of aliphatic hydroxyl groups is 2. The standard InChI is InChI=1S/C22H29ClO7/c1-28-21(27)11-5-3-2-4-8-16-18(25)12-19(26)22(16)30-14-15(24)13-29-20-10-7-6-9-17(20)23/h2,4,6-7,9-10,15-16,19,22,24,26H,3,5,8,11-14H2,1H3/t15?,16-,19+,22+/m0/s1. The van der Waals surface area contributed by atoms with E-state index >= 15 is 0 Å². The Morgan fingerprint density at radius 3 is 2.80 bits per heavy atom. The van der Waals surface area contributed by atoms with Crippen LogP contribution in [0.15, 0.2) is 36.4 Å². The van der Waals surface area contributed by atoms with Crippen molar-refractivity contribution in [3.63, 3.8) is 0 Å². The molecule has 1 aliphatic rings. The monoisotopic (exact) mass is 440 g/mol. The van der Waals surface area contributed by atoms with Crippen molar-refractivity contribution in [1.29, 1.82) is 0 Å². The highest BCUT2D eigenvalue weighted by atomic mass is 35.5. The Bertz CT molecular complexity index is 721. The number of Topliss-reactive ketones (excluding diaryl/α,β-unsaturated/α-hetero) is 1. The van der Waals surface area contributed by atoms with Gasteiger partial charge in [0.1, 0.15) is 24.2 Å². The second kappa shape index (κ2) is 12.7. The normalized spacial score (nSPS) is 22.4. The predicted molar refractivity (Wildman–Crippen MR) is 111 cm³/mol. The third-order valence-electron chi connectivity index (χ3n) is 4.88. The molecule has 2 N–H and O–H groups in total. The lowest BCUT2D eigenvalue weighted by Crippen LogP contribution is -2.34. The van der Waals surface area contributed by atoms with Gasteiger partial charge < -0.3 is 24.4 Å². The Labute approximate surface area is 181 Å². The van der Waals surface area contributed by atoms with Crippen LogP contribution in [0.25, 0.3) is 0 Å². The van der Waals surface area contributed by atoms with Gasteiger partial charge in [0, 0.05) is 18.8 Å². The Morgan fingerprint density at radius 1 is 1.30 bits per heavy atom. The van der Waals surface area contributed by atoms with Crippen molar-refractivity contribution < 1.29 is 34.0 Å². The zero-order valence-corrected chi connectivity index (χ0v) is 17.8. The van der Waals surface area contributed by atoms with Crippen LogP contribution in [0.3, 0.4) is 0 Å². The number of hydrogen-bond acceptors (Lipinski definition) is 7. The number of allylic oxidation sites excluding steroid dienone is 2. The van der Waals surface area contributed by atoms with Crippen molar-refractivity contribution in [3.05, 3.63) is 41.4 Å². The predicted octanol–water partition coefficient (Wildman–Crippen LogP) is 2.70. The summed E-state index contributed by atoms with van der Waals surface area (Å²) in [5, 5.41) is 20.7. The average Bonchev–Trinajstić information content (AvgIpc) is 3.00. The molecule has 8 heteroatoms. The van der Waals surface area contributed by atoms with Gasteiger partial charge in [-0.1, -0.05) is 35.9 Å². The Balaban J connectivity index is 1.76. The van der Waals surface area contributed by atoms with E-state index < -0.39 is 24.2 Å². The minimum Gasteiger partial charge on any atom is -0.489 e. The highest BCUT2D eigenvalue weighted by molar-refractivity contribution is 6.32. The molecule has 0 spiro atoms. The van der Waals surface area contributed by atoms with Gasteiger partial charge in [0.05, 0.1) is 30.9 Å². The zero-order chi connectivity index (χ0) is 21.9. The van der Waals surface area contributed by atoms with Gasteiger partial charge in [0.2, 0.25) is 0 Å². The number of rotatable bonds is 12. The van der Waals surface area contributed by atoms with E-state index in [0.717, 1.165) is 0 Å². The first-order valence-electron chi connectivity index (χ1n) is 10.0. The number of aliphatic hydroxyl groups excluding tert-OH is 2. The van der Waals surface area contributed by atoms with Crippen LogP contribution in [0.4, 0.5) is 0 Å². The summed E-state index contributed by atoms with van der Waals surface area (Å²) in [5.41, 5.74) is 0. The maximum absolute atomic E-state index is 12.2. The Kier molecular flexibility index (Phi) is 10.3. The summed E-state index contributed by atoms with van der Waals surface area (Å²) in [4.78, 5) is 23.3. The number of hydrogen-bond donors (Lipinski definition) is 2. The first-order chi connectivity index (χ1) is 14.4. The second-order valence-corrected chi connectivity index (χ2v) is 7.62. The van der Waals surface area contributed by atoms with Crippen molar-refractivity contribution in [2.45, 2.75) is 50.4 Å². The third-order valence-corrected chi connectivity index (χ3v) is 5.20. The van der Waals surface area contributed by atoms with Crippen LogP contribution < -0.4 is 4.74 Å². The highest BCUT2D eigenvalue weighted by Crippen LogP contribution is 2.29. The SMILES string of the molecule is COC(=O)CCCC=CC[C@H]1C(=O)C[C@@H](O)[C@@H]1OCC(O)COc1ccccc1Cl.